The van der Waals surface area contributed by atoms with E-state index in [0.29, 0.717) is 12.0 Å². The fourth-order valence-corrected chi connectivity index (χ4v) is 3.74. The molecule has 2 unspecified atom stereocenters. The third-order valence-electron chi connectivity index (χ3n) is 3.90. The second kappa shape index (κ2) is 5.90. The molecule has 0 aromatic carbocycles. The molecule has 0 aliphatic carbocycles. The first-order chi connectivity index (χ1) is 8.93. The smallest absolute Gasteiger partial charge is 0.0982 e. The molecule has 1 fully saturated rings. The summed E-state index contributed by atoms with van der Waals surface area (Å²) in [6, 6.07) is 0.492. The van der Waals surface area contributed by atoms with E-state index in [-0.39, 0.29) is 5.41 Å². The van der Waals surface area contributed by atoms with Crippen LogP contribution in [0.2, 0.25) is 0 Å². The first kappa shape index (κ1) is 14.9. The number of nitrogens with zero attached hydrogens (tertiary/aromatic N) is 2. The van der Waals surface area contributed by atoms with Crippen molar-refractivity contribution in [1.82, 2.24) is 15.2 Å². The second-order valence-electron chi connectivity index (χ2n) is 6.61. The van der Waals surface area contributed by atoms with Crippen molar-refractivity contribution in [3.05, 3.63) is 16.1 Å². The van der Waals surface area contributed by atoms with Crippen LogP contribution < -0.4 is 5.32 Å². The maximum atomic E-state index is 4.92. The van der Waals surface area contributed by atoms with Crippen LogP contribution >= 0.6 is 11.3 Å². The Morgan fingerprint density at radius 3 is 2.79 bits per heavy atom. The van der Waals surface area contributed by atoms with Crippen molar-refractivity contribution < 1.29 is 0 Å². The van der Waals surface area contributed by atoms with Gasteiger partial charge in [-0.15, -0.1) is 11.3 Å². The monoisotopic (exact) mass is 281 g/mol. The Labute approximate surface area is 121 Å². The minimum absolute atomic E-state index is 0.164. The maximum Gasteiger partial charge on any atom is 0.0982 e. The summed E-state index contributed by atoms with van der Waals surface area (Å²) >= 11 is 1.81. The van der Waals surface area contributed by atoms with Gasteiger partial charge in [-0.1, -0.05) is 27.7 Å². The Balaban J connectivity index is 2.16. The molecule has 1 aliphatic heterocycles. The van der Waals surface area contributed by atoms with Gasteiger partial charge in [0.2, 0.25) is 0 Å². The predicted molar refractivity (Wildman–Crippen MR) is 82.8 cm³/mol. The summed E-state index contributed by atoms with van der Waals surface area (Å²) in [6.45, 7) is 12.2. The molecule has 0 spiro atoms. The van der Waals surface area contributed by atoms with Gasteiger partial charge < -0.3 is 5.32 Å². The average Bonchev–Trinajstić information content (AvgIpc) is 2.92. The van der Waals surface area contributed by atoms with E-state index in [9.17, 15) is 0 Å². The van der Waals surface area contributed by atoms with Crippen LogP contribution in [0.5, 0.6) is 0 Å². The Hall–Kier alpha value is -0.450. The molecule has 2 rings (SSSR count). The Kier molecular flexibility index (Phi) is 4.64. The van der Waals surface area contributed by atoms with Gasteiger partial charge >= 0.3 is 0 Å². The molecule has 3 nitrogen and oxygen atoms in total. The molecule has 2 atom stereocenters. The molecule has 1 aliphatic rings. The Morgan fingerprint density at radius 2 is 2.21 bits per heavy atom. The molecule has 0 bridgehead atoms. The summed E-state index contributed by atoms with van der Waals surface area (Å²) in [4.78, 5) is 7.38. The van der Waals surface area contributed by atoms with E-state index >= 15 is 0 Å². The van der Waals surface area contributed by atoms with Crippen molar-refractivity contribution in [1.29, 1.82) is 0 Å². The zero-order valence-corrected chi connectivity index (χ0v) is 13.7. The van der Waals surface area contributed by atoms with Gasteiger partial charge in [0.25, 0.3) is 0 Å². The van der Waals surface area contributed by atoms with E-state index in [1.54, 1.807) is 0 Å². The maximum absolute atomic E-state index is 4.92. The molecular formula is C15H27N3S. The first-order valence-electron chi connectivity index (χ1n) is 7.30. The number of nitrogens with one attached hydrogen (secondary N) is 1. The van der Waals surface area contributed by atoms with E-state index in [2.05, 4.69) is 50.3 Å². The molecule has 0 saturated carbocycles. The van der Waals surface area contributed by atoms with Gasteiger partial charge in [-0.05, 0) is 39.0 Å². The summed E-state index contributed by atoms with van der Waals surface area (Å²) in [5.74, 6) is 0.694. The number of hydrogen-bond acceptors (Lipinski definition) is 4. The van der Waals surface area contributed by atoms with Crippen LogP contribution in [0.25, 0.3) is 0 Å². The number of hydrogen-bond donors (Lipinski definition) is 1. The normalized spacial score (nSPS) is 25.1. The van der Waals surface area contributed by atoms with E-state index in [4.69, 9.17) is 4.98 Å². The largest absolute Gasteiger partial charge is 0.317 e. The lowest BCUT2D eigenvalue weighted by atomic mass is 9.96. The van der Waals surface area contributed by atoms with E-state index in [1.807, 2.05) is 11.3 Å². The SMILES string of the molecule is CCNCC1CCN(C)C1c1csc(C(C)(C)C)n1. The molecule has 4 heteroatoms. The summed E-state index contributed by atoms with van der Waals surface area (Å²) in [6.07, 6.45) is 1.27. The lowest BCUT2D eigenvalue weighted by molar-refractivity contribution is 0.267. The second-order valence-corrected chi connectivity index (χ2v) is 7.47. The van der Waals surface area contributed by atoms with E-state index < -0.39 is 0 Å². The van der Waals surface area contributed by atoms with Gasteiger partial charge in [-0.25, -0.2) is 4.98 Å². The van der Waals surface area contributed by atoms with Crippen molar-refractivity contribution in [2.75, 3.05) is 26.7 Å². The highest BCUT2D eigenvalue weighted by molar-refractivity contribution is 7.09. The Morgan fingerprint density at radius 1 is 1.47 bits per heavy atom. The highest BCUT2D eigenvalue weighted by Gasteiger charge is 2.34. The minimum Gasteiger partial charge on any atom is -0.317 e. The van der Waals surface area contributed by atoms with Crippen molar-refractivity contribution in [3.63, 3.8) is 0 Å². The lowest BCUT2D eigenvalue weighted by Crippen LogP contribution is -2.28. The highest BCUT2D eigenvalue weighted by atomic mass is 32.1. The Bertz CT molecular complexity index is 408. The summed E-state index contributed by atoms with van der Waals surface area (Å²) in [5, 5.41) is 7.02. The van der Waals surface area contributed by atoms with Crippen LogP contribution in [-0.4, -0.2) is 36.6 Å². The summed E-state index contributed by atoms with van der Waals surface area (Å²) in [7, 11) is 2.23. The fourth-order valence-electron chi connectivity index (χ4n) is 2.80. The molecule has 1 saturated heterocycles. The molecule has 1 N–H and O–H groups in total. The zero-order valence-electron chi connectivity index (χ0n) is 12.9. The standard InChI is InChI=1S/C15H27N3S/c1-6-16-9-11-7-8-18(5)13(11)12-10-19-14(17-12)15(2,3)4/h10-11,13,16H,6-9H2,1-5H3. The third-order valence-corrected chi connectivity index (χ3v) is 5.18. The third kappa shape index (κ3) is 3.36. The first-order valence-corrected chi connectivity index (χ1v) is 8.18. The van der Waals surface area contributed by atoms with Crippen LogP contribution in [0, 0.1) is 5.92 Å². The van der Waals surface area contributed by atoms with Crippen molar-refractivity contribution in [2.24, 2.45) is 5.92 Å². The molecule has 1 aromatic heterocycles. The van der Waals surface area contributed by atoms with Crippen molar-refractivity contribution in [2.45, 2.75) is 45.6 Å². The highest BCUT2D eigenvalue weighted by Crippen LogP contribution is 2.37. The quantitative estimate of drug-likeness (QED) is 0.919. The van der Waals surface area contributed by atoms with Gasteiger partial charge in [-0.3, -0.25) is 4.90 Å². The summed E-state index contributed by atoms with van der Waals surface area (Å²) < 4.78 is 0. The zero-order chi connectivity index (χ0) is 14.0. The lowest BCUT2D eigenvalue weighted by Gasteiger charge is -2.24. The van der Waals surface area contributed by atoms with Crippen LogP contribution in [0.15, 0.2) is 5.38 Å². The number of aromatic nitrogens is 1. The minimum atomic E-state index is 0.164. The van der Waals surface area contributed by atoms with Gasteiger partial charge in [0, 0.05) is 10.8 Å². The molecule has 0 amide bonds. The number of likely N-dealkylation sites (tertiary alicyclic amines) is 1. The van der Waals surface area contributed by atoms with E-state index in [0.717, 1.165) is 13.1 Å². The molecule has 0 radical (unpaired) electrons. The molecule has 108 valence electrons. The summed E-state index contributed by atoms with van der Waals surface area (Å²) in [5.41, 5.74) is 1.44. The predicted octanol–water partition coefficient (Wildman–Crippen LogP) is 3.04. The van der Waals surface area contributed by atoms with Gasteiger partial charge in [0.05, 0.1) is 16.7 Å². The van der Waals surface area contributed by atoms with Crippen LogP contribution in [0.4, 0.5) is 0 Å². The molecular weight excluding hydrogens is 254 g/mol. The fraction of sp³-hybridized carbons (Fsp3) is 0.800. The molecule has 19 heavy (non-hydrogen) atoms. The topological polar surface area (TPSA) is 28.2 Å². The van der Waals surface area contributed by atoms with Crippen molar-refractivity contribution >= 4 is 11.3 Å². The average molecular weight is 281 g/mol. The number of rotatable bonds is 4. The van der Waals surface area contributed by atoms with Crippen LogP contribution in [-0.2, 0) is 5.41 Å². The molecule has 1 aromatic rings. The molecule has 2 heterocycles. The van der Waals surface area contributed by atoms with Gasteiger partial charge in [0.1, 0.15) is 0 Å². The van der Waals surface area contributed by atoms with Gasteiger partial charge in [0.15, 0.2) is 0 Å². The van der Waals surface area contributed by atoms with Crippen LogP contribution in [0.1, 0.15) is 50.9 Å². The van der Waals surface area contributed by atoms with Crippen LogP contribution in [0.3, 0.4) is 0 Å². The van der Waals surface area contributed by atoms with Gasteiger partial charge in [-0.2, -0.15) is 0 Å². The van der Waals surface area contributed by atoms with Crippen molar-refractivity contribution in [3.8, 4) is 0 Å². The van der Waals surface area contributed by atoms with E-state index in [1.165, 1.54) is 23.7 Å². The number of thiazole rings is 1.